The van der Waals surface area contributed by atoms with Crippen molar-refractivity contribution < 1.29 is 9.53 Å². The smallest absolute Gasteiger partial charge is 0.233 e. The Kier molecular flexibility index (Phi) is 6.60. The summed E-state index contributed by atoms with van der Waals surface area (Å²) in [6.07, 6.45) is 2.31. The Morgan fingerprint density at radius 2 is 2.35 bits per heavy atom. The molecule has 0 unspecified atom stereocenters. The maximum Gasteiger partial charge on any atom is 0.233 e. The molecule has 2 rings (SSSR count). The minimum atomic E-state index is -0.163. The van der Waals surface area contributed by atoms with E-state index in [0.717, 1.165) is 33.9 Å². The van der Waals surface area contributed by atoms with Gasteiger partial charge in [0, 0.05) is 13.2 Å². The molecule has 1 amide bonds. The van der Waals surface area contributed by atoms with Gasteiger partial charge in [-0.15, -0.1) is 10.2 Å². The van der Waals surface area contributed by atoms with Crippen LogP contribution in [0.1, 0.15) is 26.7 Å². The first-order valence-corrected chi connectivity index (χ1v) is 9.39. The van der Waals surface area contributed by atoms with Gasteiger partial charge in [0.15, 0.2) is 8.68 Å². The zero-order valence-corrected chi connectivity index (χ0v) is 14.1. The summed E-state index contributed by atoms with van der Waals surface area (Å²) in [7, 11) is 0. The number of hydrogen-bond donors (Lipinski definition) is 1. The lowest BCUT2D eigenvalue weighted by Crippen LogP contribution is -2.36. The Hall–Kier alpha value is -0.310. The summed E-state index contributed by atoms with van der Waals surface area (Å²) < 4.78 is 7.30. The molecule has 5 nitrogen and oxygen atoms in total. The number of carbonyl (C=O) groups excluding carboxylic acids is 1. The van der Waals surface area contributed by atoms with E-state index in [1.807, 2.05) is 6.92 Å². The van der Waals surface area contributed by atoms with Gasteiger partial charge in [-0.25, -0.2) is 0 Å². The normalized spacial score (nSPS) is 20.0. The molecule has 0 bridgehead atoms. The molecule has 112 valence electrons. The van der Waals surface area contributed by atoms with Crippen molar-refractivity contribution in [3.8, 4) is 0 Å². The van der Waals surface area contributed by atoms with Crippen LogP contribution >= 0.6 is 34.9 Å². The molecule has 1 aromatic heterocycles. The fourth-order valence-electron chi connectivity index (χ4n) is 1.79. The van der Waals surface area contributed by atoms with Crippen LogP contribution in [0.4, 0.5) is 0 Å². The molecule has 2 heterocycles. The van der Waals surface area contributed by atoms with Gasteiger partial charge in [-0.2, -0.15) is 0 Å². The van der Waals surface area contributed by atoms with Crippen LogP contribution in [0.2, 0.25) is 0 Å². The number of nitrogens with one attached hydrogen (secondary N) is 1. The minimum absolute atomic E-state index is 0.0328. The molecule has 8 heteroatoms. The average molecular weight is 334 g/mol. The fourth-order valence-corrected chi connectivity index (χ4v) is 4.88. The first kappa shape index (κ1) is 16.1. The molecule has 1 aliphatic heterocycles. The largest absolute Gasteiger partial charge is 0.376 e. The third-order valence-corrected chi connectivity index (χ3v) is 5.95. The van der Waals surface area contributed by atoms with Crippen molar-refractivity contribution in [1.29, 1.82) is 0 Å². The topological polar surface area (TPSA) is 64.1 Å². The van der Waals surface area contributed by atoms with Crippen molar-refractivity contribution in [1.82, 2.24) is 15.5 Å². The summed E-state index contributed by atoms with van der Waals surface area (Å²) in [6.45, 7) is 5.40. The summed E-state index contributed by atoms with van der Waals surface area (Å²) in [5.74, 6) is 1.02. The van der Waals surface area contributed by atoms with Gasteiger partial charge >= 0.3 is 0 Å². The third-order valence-electron chi connectivity index (χ3n) is 2.83. The zero-order valence-electron chi connectivity index (χ0n) is 11.6. The maximum atomic E-state index is 12.0. The quantitative estimate of drug-likeness (QED) is 0.773. The number of amides is 1. The summed E-state index contributed by atoms with van der Waals surface area (Å²) in [6, 6.07) is 0. The van der Waals surface area contributed by atoms with Crippen LogP contribution in [0, 0.1) is 0 Å². The number of thioether (sulfide) groups is 2. The van der Waals surface area contributed by atoms with Gasteiger partial charge in [0.2, 0.25) is 5.91 Å². The molecule has 0 aliphatic carbocycles. The van der Waals surface area contributed by atoms with Crippen molar-refractivity contribution in [2.24, 2.45) is 0 Å². The molecule has 0 radical (unpaired) electrons. The Bertz CT molecular complexity index is 435. The zero-order chi connectivity index (χ0) is 14.4. The van der Waals surface area contributed by atoms with E-state index in [1.54, 1.807) is 23.1 Å². The number of ether oxygens (including phenoxy) is 1. The summed E-state index contributed by atoms with van der Waals surface area (Å²) in [4.78, 5) is 12.0. The molecule has 1 aliphatic rings. The molecular formula is C12H19N3O2S3. The highest BCUT2D eigenvalue weighted by molar-refractivity contribution is 8.03. The average Bonchev–Trinajstić information content (AvgIpc) is 3.08. The van der Waals surface area contributed by atoms with Crippen LogP contribution in [-0.4, -0.2) is 46.4 Å². The number of carbonyl (C=O) groups is 1. The Balaban J connectivity index is 1.74. The van der Waals surface area contributed by atoms with Gasteiger partial charge in [0.25, 0.3) is 0 Å². The second-order valence-corrected chi connectivity index (χ2v) is 8.48. The van der Waals surface area contributed by atoms with Crippen molar-refractivity contribution >= 4 is 40.8 Å². The van der Waals surface area contributed by atoms with Gasteiger partial charge in [-0.05, 0) is 25.5 Å². The van der Waals surface area contributed by atoms with Gasteiger partial charge in [-0.1, -0.05) is 41.8 Å². The number of aromatic nitrogens is 2. The summed E-state index contributed by atoms with van der Waals surface area (Å²) in [5, 5.41) is 11.0. The monoisotopic (exact) mass is 333 g/mol. The van der Waals surface area contributed by atoms with Crippen LogP contribution in [0.5, 0.6) is 0 Å². The predicted octanol–water partition coefficient (Wildman–Crippen LogP) is 2.43. The standard InChI is InChI=1S/C12H19N3O2S3/c1-3-18-11-14-15-12(20-11)19-8(2)10(16)13-7-9-5-4-6-17-9/h8-9H,3-7H2,1-2H3,(H,13,16)/t8-,9-/m1/s1. The molecule has 1 fully saturated rings. The van der Waals surface area contributed by atoms with Gasteiger partial charge < -0.3 is 10.1 Å². The van der Waals surface area contributed by atoms with E-state index < -0.39 is 0 Å². The van der Waals surface area contributed by atoms with E-state index in [0.29, 0.717) is 6.54 Å². The summed E-state index contributed by atoms with van der Waals surface area (Å²) >= 11 is 4.68. The second kappa shape index (κ2) is 8.21. The highest BCUT2D eigenvalue weighted by Gasteiger charge is 2.20. The molecular weight excluding hydrogens is 314 g/mol. The van der Waals surface area contributed by atoms with Crippen LogP contribution in [0.15, 0.2) is 8.68 Å². The van der Waals surface area contributed by atoms with Crippen LogP contribution in [0.25, 0.3) is 0 Å². The number of rotatable bonds is 7. The van der Waals surface area contributed by atoms with Crippen molar-refractivity contribution in [2.75, 3.05) is 18.9 Å². The van der Waals surface area contributed by atoms with Gasteiger partial charge in [-0.3, -0.25) is 4.79 Å². The highest BCUT2D eigenvalue weighted by Crippen LogP contribution is 2.31. The molecule has 0 aromatic carbocycles. The Labute approximate surface area is 131 Å². The van der Waals surface area contributed by atoms with E-state index in [1.165, 1.54) is 11.8 Å². The van der Waals surface area contributed by atoms with E-state index in [9.17, 15) is 4.79 Å². The van der Waals surface area contributed by atoms with Gasteiger partial charge in [0.05, 0.1) is 11.4 Å². The Morgan fingerprint density at radius 3 is 3.05 bits per heavy atom. The van der Waals surface area contributed by atoms with Crippen LogP contribution in [0.3, 0.4) is 0 Å². The molecule has 2 atom stereocenters. The molecule has 1 N–H and O–H groups in total. The number of hydrogen-bond acceptors (Lipinski definition) is 7. The second-order valence-electron chi connectivity index (χ2n) is 4.41. The van der Waals surface area contributed by atoms with E-state index in [2.05, 4.69) is 22.4 Å². The first-order chi connectivity index (χ1) is 9.69. The lowest BCUT2D eigenvalue weighted by Gasteiger charge is -2.13. The Morgan fingerprint density at radius 1 is 1.55 bits per heavy atom. The van der Waals surface area contributed by atoms with E-state index >= 15 is 0 Å². The molecule has 20 heavy (non-hydrogen) atoms. The highest BCUT2D eigenvalue weighted by atomic mass is 32.2. The minimum Gasteiger partial charge on any atom is -0.376 e. The van der Waals surface area contributed by atoms with Crippen molar-refractivity contribution in [2.45, 2.75) is 46.7 Å². The molecule has 0 spiro atoms. The van der Waals surface area contributed by atoms with E-state index in [-0.39, 0.29) is 17.3 Å². The SMILES string of the molecule is CCSc1nnc(S[C@H](C)C(=O)NC[C@H]2CCCO2)s1. The van der Waals surface area contributed by atoms with Crippen LogP contribution < -0.4 is 5.32 Å². The van der Waals surface area contributed by atoms with Crippen molar-refractivity contribution in [3.05, 3.63) is 0 Å². The fraction of sp³-hybridized carbons (Fsp3) is 0.750. The molecule has 0 saturated carbocycles. The number of nitrogens with zero attached hydrogens (tertiary/aromatic N) is 2. The predicted molar refractivity (Wildman–Crippen MR) is 83.6 cm³/mol. The lowest BCUT2D eigenvalue weighted by molar-refractivity contribution is -0.120. The van der Waals surface area contributed by atoms with Crippen LogP contribution in [-0.2, 0) is 9.53 Å². The third kappa shape index (κ3) is 4.91. The lowest BCUT2D eigenvalue weighted by atomic mass is 10.2. The summed E-state index contributed by atoms with van der Waals surface area (Å²) in [5.41, 5.74) is 0. The van der Waals surface area contributed by atoms with Crippen molar-refractivity contribution in [3.63, 3.8) is 0 Å². The van der Waals surface area contributed by atoms with E-state index in [4.69, 9.17) is 4.74 Å². The van der Waals surface area contributed by atoms with Gasteiger partial charge in [0.1, 0.15) is 0 Å². The maximum absolute atomic E-state index is 12.0. The molecule has 1 aromatic rings. The first-order valence-electron chi connectivity index (χ1n) is 6.71. The molecule has 1 saturated heterocycles.